The van der Waals surface area contributed by atoms with E-state index in [0.29, 0.717) is 18.1 Å². The summed E-state index contributed by atoms with van der Waals surface area (Å²) in [6.07, 6.45) is 2.89. The second kappa shape index (κ2) is 11.3. The molecule has 2 aromatic carbocycles. The first-order valence-electron chi connectivity index (χ1n) is 11.3. The van der Waals surface area contributed by atoms with Crippen LogP contribution in [0.5, 0.6) is 5.75 Å². The van der Waals surface area contributed by atoms with Gasteiger partial charge in [-0.1, -0.05) is 60.5 Å². The Morgan fingerprint density at radius 2 is 1.82 bits per heavy atom. The molecule has 0 bridgehead atoms. The molecule has 5 nitrogen and oxygen atoms in total. The zero-order chi connectivity index (χ0) is 22.9. The van der Waals surface area contributed by atoms with E-state index in [2.05, 4.69) is 46.0 Å². The topological polar surface area (TPSA) is 51.7 Å². The Labute approximate surface area is 195 Å². The molecule has 0 atom stereocenters. The number of benzene rings is 2. The van der Waals surface area contributed by atoms with Crippen molar-refractivity contribution >= 4 is 5.97 Å². The summed E-state index contributed by atoms with van der Waals surface area (Å²) in [5.41, 5.74) is 4.59. The number of carbonyl (C=O) groups excluding carboxylic acids is 1. The second-order valence-corrected chi connectivity index (χ2v) is 8.01. The summed E-state index contributed by atoms with van der Waals surface area (Å²) in [6, 6.07) is 22.0. The number of rotatable bonds is 7. The van der Waals surface area contributed by atoms with Gasteiger partial charge in [0.05, 0.1) is 7.11 Å². The van der Waals surface area contributed by atoms with Crippen LogP contribution in [0.3, 0.4) is 0 Å². The minimum absolute atomic E-state index is 0.146. The maximum absolute atomic E-state index is 12.2. The number of nitrogens with zero attached hydrogens (tertiary/aromatic N) is 2. The molecule has 0 spiro atoms. The Morgan fingerprint density at radius 3 is 2.64 bits per heavy atom. The molecule has 5 heteroatoms. The van der Waals surface area contributed by atoms with Gasteiger partial charge in [0.25, 0.3) is 0 Å². The molecule has 2 heterocycles. The van der Waals surface area contributed by atoms with E-state index < -0.39 is 5.97 Å². The monoisotopic (exact) mass is 440 g/mol. The van der Waals surface area contributed by atoms with Crippen molar-refractivity contribution in [2.24, 2.45) is 0 Å². The van der Waals surface area contributed by atoms with Crippen LogP contribution in [-0.2, 0) is 24.3 Å². The van der Waals surface area contributed by atoms with Crippen molar-refractivity contribution in [3.63, 3.8) is 0 Å². The number of ether oxygens (including phenoxy) is 2. The van der Waals surface area contributed by atoms with Crippen molar-refractivity contribution in [1.29, 1.82) is 0 Å². The van der Waals surface area contributed by atoms with E-state index in [-0.39, 0.29) is 5.69 Å². The van der Waals surface area contributed by atoms with E-state index >= 15 is 0 Å². The molecule has 168 valence electrons. The van der Waals surface area contributed by atoms with Gasteiger partial charge in [-0.2, -0.15) is 0 Å². The summed E-state index contributed by atoms with van der Waals surface area (Å²) in [5, 5.41) is 0. The highest BCUT2D eigenvalue weighted by Crippen LogP contribution is 2.20. The van der Waals surface area contributed by atoms with Crippen molar-refractivity contribution in [3.05, 3.63) is 94.8 Å². The standard InChI is InChI=1S/C28H28N2O3/c1-32-28(31)27-26(33-21-22-10-4-2-5-11-22)16-15-25(29-27)14-6-3-9-18-30-19-17-23-12-7-8-13-24(23)20-30/h2,4-5,7-8,10-13,15-16H,3,9,17-21H2,1H3. The average molecular weight is 441 g/mol. The number of esters is 1. The van der Waals surface area contributed by atoms with Crippen LogP contribution in [0.1, 0.15) is 45.7 Å². The van der Waals surface area contributed by atoms with Crippen LogP contribution >= 0.6 is 0 Å². The minimum atomic E-state index is -0.535. The predicted octanol–water partition coefficient (Wildman–Crippen LogP) is 4.64. The van der Waals surface area contributed by atoms with Crippen LogP contribution in [0.4, 0.5) is 0 Å². The van der Waals surface area contributed by atoms with Gasteiger partial charge in [-0.05, 0) is 54.1 Å². The lowest BCUT2D eigenvalue weighted by Gasteiger charge is -2.28. The number of aromatic nitrogens is 1. The number of pyridine rings is 1. The van der Waals surface area contributed by atoms with Crippen LogP contribution < -0.4 is 4.74 Å². The van der Waals surface area contributed by atoms with Crippen LogP contribution in [0.15, 0.2) is 66.7 Å². The van der Waals surface area contributed by atoms with Crippen molar-refractivity contribution in [2.45, 2.75) is 32.4 Å². The highest BCUT2D eigenvalue weighted by Gasteiger charge is 2.16. The largest absolute Gasteiger partial charge is 0.486 e. The number of hydrogen-bond acceptors (Lipinski definition) is 5. The van der Waals surface area contributed by atoms with Gasteiger partial charge in [-0.15, -0.1) is 0 Å². The van der Waals surface area contributed by atoms with Crippen molar-refractivity contribution in [1.82, 2.24) is 9.88 Å². The predicted molar refractivity (Wildman–Crippen MR) is 128 cm³/mol. The molecule has 0 N–H and O–H groups in total. The van der Waals surface area contributed by atoms with Gasteiger partial charge in [0.2, 0.25) is 0 Å². The highest BCUT2D eigenvalue weighted by molar-refractivity contribution is 5.90. The molecule has 0 fully saturated rings. The maximum Gasteiger partial charge on any atom is 0.360 e. The first-order valence-corrected chi connectivity index (χ1v) is 11.3. The summed E-state index contributed by atoms with van der Waals surface area (Å²) < 4.78 is 10.7. The molecule has 1 aliphatic heterocycles. The van der Waals surface area contributed by atoms with Gasteiger partial charge in [-0.3, -0.25) is 4.90 Å². The lowest BCUT2D eigenvalue weighted by Crippen LogP contribution is -2.31. The van der Waals surface area contributed by atoms with Crippen molar-refractivity contribution in [2.75, 3.05) is 20.2 Å². The Bertz CT molecular complexity index is 1150. The first kappa shape index (κ1) is 22.6. The summed E-state index contributed by atoms with van der Waals surface area (Å²) >= 11 is 0. The fourth-order valence-corrected chi connectivity index (χ4v) is 3.90. The molecule has 0 saturated carbocycles. The zero-order valence-electron chi connectivity index (χ0n) is 18.9. The van der Waals surface area contributed by atoms with E-state index in [0.717, 1.165) is 44.5 Å². The highest BCUT2D eigenvalue weighted by atomic mass is 16.5. The number of methoxy groups -OCH3 is 1. The summed E-state index contributed by atoms with van der Waals surface area (Å²) in [7, 11) is 1.34. The molecule has 0 aliphatic carbocycles. The third-order valence-electron chi connectivity index (χ3n) is 5.68. The van der Waals surface area contributed by atoms with Gasteiger partial charge < -0.3 is 9.47 Å². The SMILES string of the molecule is COC(=O)c1nc(C#CCCCN2CCc3ccccc3C2)ccc1OCc1ccccc1. The molecular formula is C28H28N2O3. The Hall–Kier alpha value is -3.62. The molecular weight excluding hydrogens is 412 g/mol. The van der Waals surface area contributed by atoms with Crippen LogP contribution in [0.2, 0.25) is 0 Å². The Kier molecular flexibility index (Phi) is 7.73. The fraction of sp³-hybridized carbons (Fsp3) is 0.286. The summed E-state index contributed by atoms with van der Waals surface area (Å²) in [6.45, 7) is 3.48. The van der Waals surface area contributed by atoms with Gasteiger partial charge >= 0.3 is 5.97 Å². The minimum Gasteiger partial charge on any atom is -0.486 e. The third-order valence-corrected chi connectivity index (χ3v) is 5.68. The molecule has 0 saturated heterocycles. The molecule has 4 rings (SSSR count). The molecule has 1 aromatic heterocycles. The molecule has 3 aromatic rings. The smallest absolute Gasteiger partial charge is 0.360 e. The van der Waals surface area contributed by atoms with E-state index in [9.17, 15) is 4.79 Å². The van der Waals surface area contributed by atoms with Crippen LogP contribution in [0.25, 0.3) is 0 Å². The lowest BCUT2D eigenvalue weighted by atomic mass is 10.00. The number of fused-ring (bicyclic) bond motifs is 1. The summed E-state index contributed by atoms with van der Waals surface area (Å²) in [5.74, 6) is 6.12. The fourth-order valence-electron chi connectivity index (χ4n) is 3.90. The quantitative estimate of drug-likeness (QED) is 0.304. The molecule has 0 unspecified atom stereocenters. The Balaban J connectivity index is 1.32. The van der Waals surface area contributed by atoms with Crippen molar-refractivity contribution in [3.8, 4) is 17.6 Å². The first-order chi connectivity index (χ1) is 16.2. The van der Waals surface area contributed by atoms with Crippen LogP contribution in [0, 0.1) is 11.8 Å². The van der Waals surface area contributed by atoms with Crippen LogP contribution in [-0.4, -0.2) is 36.1 Å². The molecule has 0 radical (unpaired) electrons. The van der Waals surface area contributed by atoms with Crippen molar-refractivity contribution < 1.29 is 14.3 Å². The summed E-state index contributed by atoms with van der Waals surface area (Å²) in [4.78, 5) is 19.1. The average Bonchev–Trinajstić information content (AvgIpc) is 2.87. The zero-order valence-corrected chi connectivity index (χ0v) is 18.9. The number of hydrogen-bond donors (Lipinski definition) is 0. The third kappa shape index (κ3) is 6.21. The van der Waals surface area contributed by atoms with E-state index in [4.69, 9.17) is 9.47 Å². The maximum atomic E-state index is 12.2. The lowest BCUT2D eigenvalue weighted by molar-refractivity contribution is 0.0588. The van der Waals surface area contributed by atoms with E-state index in [1.54, 1.807) is 12.1 Å². The van der Waals surface area contributed by atoms with Gasteiger partial charge in [0, 0.05) is 19.5 Å². The second-order valence-electron chi connectivity index (χ2n) is 8.01. The van der Waals surface area contributed by atoms with Gasteiger partial charge in [0.1, 0.15) is 12.3 Å². The number of carbonyl (C=O) groups is 1. The van der Waals surface area contributed by atoms with Gasteiger partial charge in [-0.25, -0.2) is 9.78 Å². The normalized spacial score (nSPS) is 12.9. The molecule has 0 amide bonds. The molecule has 33 heavy (non-hydrogen) atoms. The Morgan fingerprint density at radius 1 is 1.03 bits per heavy atom. The molecule has 1 aliphatic rings. The number of unbranched alkanes of at least 4 members (excludes halogenated alkanes) is 1. The van der Waals surface area contributed by atoms with Gasteiger partial charge in [0.15, 0.2) is 11.4 Å². The van der Waals surface area contributed by atoms with E-state index in [1.807, 2.05) is 30.3 Å². The van der Waals surface area contributed by atoms with E-state index in [1.165, 1.54) is 18.2 Å².